The highest BCUT2D eigenvalue weighted by Gasteiger charge is 2.22. The molecule has 1 aromatic carbocycles. The number of thioether (sulfide) groups is 1. The highest BCUT2D eigenvalue weighted by molar-refractivity contribution is 8.12. The van der Waals surface area contributed by atoms with Crippen molar-refractivity contribution in [2.45, 2.75) is 50.7 Å². The number of benzene rings is 1. The van der Waals surface area contributed by atoms with Gasteiger partial charge in [0, 0.05) is 37.4 Å². The topological polar surface area (TPSA) is 159 Å². The molecule has 220 valence electrons. The molecule has 2 aliphatic rings. The Kier molecular flexibility index (Phi) is 17.2. The maximum absolute atomic E-state index is 12.2. The third kappa shape index (κ3) is 14.5. The van der Waals surface area contributed by atoms with Gasteiger partial charge in [-0.15, -0.1) is 0 Å². The molecular formula is C26H40N2O10S. The predicted octanol–water partition coefficient (Wildman–Crippen LogP) is 4.04. The monoisotopic (exact) mass is 572 g/mol. The lowest BCUT2D eigenvalue weighted by atomic mass is 10.1. The Morgan fingerprint density at radius 2 is 1.56 bits per heavy atom. The van der Waals surface area contributed by atoms with E-state index in [0.717, 1.165) is 31.0 Å². The fourth-order valence-electron chi connectivity index (χ4n) is 3.56. The molecule has 0 radical (unpaired) electrons. The number of fused-ring (bicyclic) bond motifs is 20. The zero-order valence-corrected chi connectivity index (χ0v) is 23.2. The van der Waals surface area contributed by atoms with Crippen molar-refractivity contribution < 1.29 is 42.9 Å². The van der Waals surface area contributed by atoms with Gasteiger partial charge in [-0.3, -0.25) is 14.9 Å². The average molecular weight is 573 g/mol. The minimum atomic E-state index is -0.556. The van der Waals surface area contributed by atoms with E-state index in [1.54, 1.807) is 0 Å². The van der Waals surface area contributed by atoms with Crippen LogP contribution in [-0.2, 0) is 29.5 Å². The summed E-state index contributed by atoms with van der Waals surface area (Å²) in [7, 11) is 0. The first-order chi connectivity index (χ1) is 19.0. The van der Waals surface area contributed by atoms with Crippen LogP contribution in [0.25, 0.3) is 0 Å². The molecule has 0 unspecified atom stereocenters. The molecule has 2 aliphatic heterocycles. The Morgan fingerprint density at radius 3 is 2.26 bits per heavy atom. The van der Waals surface area contributed by atoms with E-state index in [4.69, 9.17) is 34.2 Å². The third-order valence-electron chi connectivity index (χ3n) is 5.59. The lowest BCUT2D eigenvalue weighted by Crippen LogP contribution is -2.12. The predicted molar refractivity (Wildman–Crippen MR) is 146 cm³/mol. The van der Waals surface area contributed by atoms with Gasteiger partial charge >= 0.3 is 5.30 Å². The minimum Gasteiger partial charge on any atom is -0.490 e. The second-order valence-corrected chi connectivity index (χ2v) is 9.61. The molecule has 0 fully saturated rings. The van der Waals surface area contributed by atoms with Crippen LogP contribution in [0, 0.1) is 10.1 Å². The highest BCUT2D eigenvalue weighted by atomic mass is 32.2. The summed E-state index contributed by atoms with van der Waals surface area (Å²) >= 11 is 0.816. The molecule has 13 heteroatoms. The second-order valence-electron chi connectivity index (χ2n) is 8.70. The fourth-order valence-corrected chi connectivity index (χ4v) is 4.23. The van der Waals surface area contributed by atoms with Gasteiger partial charge in [-0.05, 0) is 56.5 Å². The van der Waals surface area contributed by atoms with E-state index < -0.39 is 10.2 Å². The zero-order chi connectivity index (χ0) is 28.1. The normalized spacial score (nSPS) is 17.1. The third-order valence-corrected chi connectivity index (χ3v) is 6.40. The SMILES string of the molecule is NCCCC(=O)CCCOc1cc2c([N+](=O)[O-])cc1OCCOCCOCCCCCOCCOC(=O)SC2. The molecule has 0 aromatic heterocycles. The van der Waals surface area contributed by atoms with Gasteiger partial charge in [0.2, 0.25) is 0 Å². The molecule has 0 saturated heterocycles. The van der Waals surface area contributed by atoms with Crippen molar-refractivity contribution >= 4 is 28.5 Å². The number of Topliss-reactive ketones (excluding diaryl/α,β-unsaturated/α-hetero) is 1. The average Bonchev–Trinajstić information content (AvgIpc) is 2.92. The number of carbonyl (C=O) groups excluding carboxylic acids is 2. The number of hydrogen-bond donors (Lipinski definition) is 1. The number of nitrogens with zero attached hydrogens (tertiary/aromatic N) is 1. The minimum absolute atomic E-state index is 0.00727. The van der Waals surface area contributed by atoms with Crippen molar-refractivity contribution in [1.82, 2.24) is 0 Å². The first kappa shape index (κ1) is 32.8. The molecule has 39 heavy (non-hydrogen) atoms. The maximum atomic E-state index is 12.2. The summed E-state index contributed by atoms with van der Waals surface area (Å²) in [6.07, 6.45) is 4.65. The lowest BCUT2D eigenvalue weighted by molar-refractivity contribution is -0.385. The van der Waals surface area contributed by atoms with Gasteiger partial charge in [0.1, 0.15) is 19.0 Å². The number of carbonyl (C=O) groups is 2. The Labute approximate surface area is 233 Å². The first-order valence-electron chi connectivity index (χ1n) is 13.3. The fraction of sp³-hybridized carbons (Fsp3) is 0.692. The largest absolute Gasteiger partial charge is 0.490 e. The number of nitro benzene ring substituents is 1. The number of nitro groups is 1. The van der Waals surface area contributed by atoms with Crippen LogP contribution in [0.2, 0.25) is 0 Å². The van der Waals surface area contributed by atoms with Crippen LogP contribution in [0.5, 0.6) is 11.5 Å². The van der Waals surface area contributed by atoms with Gasteiger partial charge in [-0.2, -0.15) is 0 Å². The Morgan fingerprint density at radius 1 is 0.923 bits per heavy atom. The van der Waals surface area contributed by atoms with Gasteiger partial charge in [0.05, 0.1) is 44.0 Å². The summed E-state index contributed by atoms with van der Waals surface area (Å²) in [6.45, 7) is 3.51. The number of nitrogens with two attached hydrogens (primary N) is 1. The summed E-state index contributed by atoms with van der Waals surface area (Å²) in [4.78, 5) is 35.4. The quantitative estimate of drug-likeness (QED) is 0.149. The van der Waals surface area contributed by atoms with E-state index in [-0.39, 0.29) is 67.3 Å². The molecule has 0 aliphatic carbocycles. The van der Waals surface area contributed by atoms with Crippen molar-refractivity contribution in [2.75, 3.05) is 66.0 Å². The molecular weight excluding hydrogens is 532 g/mol. The van der Waals surface area contributed by atoms with Crippen LogP contribution >= 0.6 is 11.8 Å². The molecule has 2 heterocycles. The molecule has 0 atom stereocenters. The first-order valence-corrected chi connectivity index (χ1v) is 14.3. The number of rotatable bonds is 9. The van der Waals surface area contributed by atoms with Crippen LogP contribution in [0.4, 0.5) is 10.5 Å². The molecule has 3 rings (SSSR count). The van der Waals surface area contributed by atoms with Crippen molar-refractivity contribution in [2.24, 2.45) is 5.73 Å². The van der Waals surface area contributed by atoms with Crippen LogP contribution in [0.1, 0.15) is 50.5 Å². The van der Waals surface area contributed by atoms with Crippen molar-refractivity contribution in [1.29, 1.82) is 0 Å². The summed E-state index contributed by atoms with van der Waals surface area (Å²) in [5.41, 5.74) is 5.53. The van der Waals surface area contributed by atoms with Gasteiger partial charge in [-0.25, -0.2) is 4.79 Å². The van der Waals surface area contributed by atoms with Crippen LogP contribution in [-0.4, -0.2) is 82.0 Å². The van der Waals surface area contributed by atoms with E-state index in [0.29, 0.717) is 58.7 Å². The summed E-state index contributed by atoms with van der Waals surface area (Å²) in [5, 5.41) is 11.2. The van der Waals surface area contributed by atoms with Gasteiger partial charge in [0.25, 0.3) is 5.69 Å². The second kappa shape index (κ2) is 20.5. The van der Waals surface area contributed by atoms with Gasteiger partial charge < -0.3 is 34.2 Å². The summed E-state index contributed by atoms with van der Waals surface area (Å²) in [5.74, 6) is 0.581. The maximum Gasteiger partial charge on any atom is 0.367 e. The van der Waals surface area contributed by atoms with E-state index >= 15 is 0 Å². The van der Waals surface area contributed by atoms with Crippen molar-refractivity contribution in [3.63, 3.8) is 0 Å². The summed E-state index contributed by atoms with van der Waals surface area (Å²) < 4.78 is 33.4. The Bertz CT molecular complexity index is 887. The molecule has 0 spiro atoms. The molecule has 12 nitrogen and oxygen atoms in total. The Balaban J connectivity index is 2.08. The van der Waals surface area contributed by atoms with Gasteiger partial charge in [-0.1, -0.05) is 0 Å². The zero-order valence-electron chi connectivity index (χ0n) is 22.4. The number of ether oxygens (including phenoxy) is 6. The van der Waals surface area contributed by atoms with Gasteiger partial charge in [0.15, 0.2) is 11.5 Å². The summed E-state index contributed by atoms with van der Waals surface area (Å²) in [6, 6.07) is 2.78. The Hall–Kier alpha value is -2.45. The van der Waals surface area contributed by atoms with Crippen LogP contribution in [0.3, 0.4) is 0 Å². The van der Waals surface area contributed by atoms with E-state index in [1.807, 2.05) is 0 Å². The van der Waals surface area contributed by atoms with E-state index in [1.165, 1.54) is 12.1 Å². The molecule has 0 saturated carbocycles. The smallest absolute Gasteiger partial charge is 0.367 e. The lowest BCUT2D eigenvalue weighted by Gasteiger charge is -2.15. The standard InChI is InChI=1S/C26H40N2O10S/c27-8-4-6-22(29)7-5-11-36-24-18-21-20-39-26(30)38-17-15-34-10-3-1-2-9-33-12-13-35-14-16-37-25(24)19-23(21)28(31)32/h18-19H,1-17,20,27H2. The molecule has 0 amide bonds. The molecule has 2 bridgehead atoms. The van der Waals surface area contributed by atoms with E-state index in [2.05, 4.69) is 0 Å². The van der Waals surface area contributed by atoms with Crippen LogP contribution in [0.15, 0.2) is 12.1 Å². The highest BCUT2D eigenvalue weighted by Crippen LogP contribution is 2.37. The van der Waals surface area contributed by atoms with Crippen molar-refractivity contribution in [3.05, 3.63) is 27.8 Å². The van der Waals surface area contributed by atoms with Crippen LogP contribution < -0.4 is 15.2 Å². The van der Waals surface area contributed by atoms with Crippen molar-refractivity contribution in [3.8, 4) is 11.5 Å². The molecule has 1 aromatic rings. The van der Waals surface area contributed by atoms with E-state index in [9.17, 15) is 19.7 Å². The number of hydrogen-bond acceptors (Lipinski definition) is 12. The molecule has 2 N–H and O–H groups in total. The number of ketones is 1.